The van der Waals surface area contributed by atoms with Gasteiger partial charge in [0.05, 0.1) is 22.4 Å². The van der Waals surface area contributed by atoms with Gasteiger partial charge in [-0.2, -0.15) is 5.10 Å². The van der Waals surface area contributed by atoms with Crippen molar-refractivity contribution in [1.29, 1.82) is 0 Å². The van der Waals surface area contributed by atoms with Crippen LogP contribution in [0.5, 0.6) is 0 Å². The van der Waals surface area contributed by atoms with E-state index in [2.05, 4.69) is 10.4 Å². The molecule has 0 bridgehead atoms. The molecule has 4 rings (SSSR count). The predicted octanol–water partition coefficient (Wildman–Crippen LogP) is 5.29. The average Bonchev–Trinajstić information content (AvgIpc) is 3.44. The number of carbonyl (C=O) groups is 1. The molecular formula is C25H28ClN3O3S. The van der Waals surface area contributed by atoms with Crippen LogP contribution in [0.1, 0.15) is 49.1 Å². The minimum atomic E-state index is -3.44. The second-order valence-corrected chi connectivity index (χ2v) is 11.2. The van der Waals surface area contributed by atoms with Gasteiger partial charge >= 0.3 is 0 Å². The summed E-state index contributed by atoms with van der Waals surface area (Å²) in [5.74, 6) is 0.365. The molecule has 2 aromatic carbocycles. The normalized spacial score (nSPS) is 15.5. The second kappa shape index (κ2) is 10.1. The molecule has 1 aliphatic rings. The van der Waals surface area contributed by atoms with Gasteiger partial charge in [0.15, 0.2) is 15.7 Å². The van der Waals surface area contributed by atoms with E-state index in [0.717, 1.165) is 30.2 Å². The molecular weight excluding hydrogens is 458 g/mol. The first-order chi connectivity index (χ1) is 15.8. The fourth-order valence-corrected chi connectivity index (χ4v) is 5.85. The zero-order valence-corrected chi connectivity index (χ0v) is 20.1. The van der Waals surface area contributed by atoms with Crippen molar-refractivity contribution in [3.8, 4) is 0 Å². The number of aromatic nitrogens is 2. The quantitative estimate of drug-likeness (QED) is 0.470. The van der Waals surface area contributed by atoms with Gasteiger partial charge in [-0.05, 0) is 35.6 Å². The summed E-state index contributed by atoms with van der Waals surface area (Å²) < 4.78 is 25.7. The number of sulfone groups is 1. The van der Waals surface area contributed by atoms with E-state index in [1.807, 2.05) is 36.5 Å². The summed E-state index contributed by atoms with van der Waals surface area (Å²) in [5.41, 5.74) is 1.85. The van der Waals surface area contributed by atoms with Gasteiger partial charge < -0.3 is 5.32 Å². The summed E-state index contributed by atoms with van der Waals surface area (Å²) in [6, 6.07) is 16.6. The first-order valence-electron chi connectivity index (χ1n) is 11.2. The monoisotopic (exact) mass is 485 g/mol. The van der Waals surface area contributed by atoms with Crippen molar-refractivity contribution in [1.82, 2.24) is 9.78 Å². The molecule has 0 saturated heterocycles. The Balaban J connectivity index is 1.53. The molecule has 1 unspecified atom stereocenters. The molecule has 3 aromatic rings. The third kappa shape index (κ3) is 6.03. The van der Waals surface area contributed by atoms with Gasteiger partial charge in [0, 0.05) is 18.5 Å². The van der Waals surface area contributed by atoms with Crippen LogP contribution in [0, 0.1) is 5.92 Å². The number of halogens is 1. The number of rotatable bonds is 8. The minimum Gasteiger partial charge on any atom is -0.309 e. The highest BCUT2D eigenvalue weighted by Gasteiger charge is 2.28. The summed E-state index contributed by atoms with van der Waals surface area (Å²) in [6.45, 7) is 0.616. The average molecular weight is 486 g/mol. The fraction of sp³-hybridized carbons (Fsp3) is 0.360. The Kier molecular flexibility index (Phi) is 7.20. The summed E-state index contributed by atoms with van der Waals surface area (Å²) in [7, 11) is -3.44. The van der Waals surface area contributed by atoms with Crippen LogP contribution in [0.25, 0.3) is 0 Å². The maximum Gasteiger partial charge on any atom is 0.233 e. The predicted molar refractivity (Wildman–Crippen MR) is 130 cm³/mol. The third-order valence-corrected chi connectivity index (χ3v) is 7.78. The Morgan fingerprint density at radius 2 is 1.88 bits per heavy atom. The summed E-state index contributed by atoms with van der Waals surface area (Å²) in [4.78, 5) is 13.4. The number of nitrogens with one attached hydrogen (secondary N) is 1. The number of hydrogen-bond acceptors (Lipinski definition) is 4. The molecule has 6 nitrogen and oxygen atoms in total. The number of hydrogen-bond donors (Lipinski definition) is 1. The van der Waals surface area contributed by atoms with Gasteiger partial charge in [-0.1, -0.05) is 73.7 Å². The minimum absolute atomic E-state index is 0.0765. The standard InChI is InChI=1S/C25H28ClN3O3S/c1-33(31,32)23-12-11-20(16-22(23)26)21(15-18-7-5-6-8-18)25(30)27-24-13-14-29(28-24)17-19-9-3-2-4-10-19/h2-4,9-14,16,18,21H,5-8,15,17H2,1H3,(H,27,28,30). The zero-order valence-electron chi connectivity index (χ0n) is 18.6. The van der Waals surface area contributed by atoms with Crippen LogP contribution in [-0.2, 0) is 21.2 Å². The molecule has 1 N–H and O–H groups in total. The van der Waals surface area contributed by atoms with Crippen LogP contribution in [0.2, 0.25) is 5.02 Å². The molecule has 1 aromatic heterocycles. The van der Waals surface area contributed by atoms with Crippen molar-refractivity contribution in [2.75, 3.05) is 11.6 Å². The lowest BCUT2D eigenvalue weighted by atomic mass is 9.87. The molecule has 1 atom stereocenters. The molecule has 0 spiro atoms. The van der Waals surface area contributed by atoms with Gasteiger partial charge in [-0.3, -0.25) is 9.48 Å². The lowest BCUT2D eigenvalue weighted by Gasteiger charge is -2.21. The topological polar surface area (TPSA) is 81.1 Å². The van der Waals surface area contributed by atoms with Gasteiger partial charge in [0.1, 0.15) is 0 Å². The number of nitrogens with zero attached hydrogens (tertiary/aromatic N) is 2. The first kappa shape index (κ1) is 23.5. The van der Waals surface area contributed by atoms with Crippen LogP contribution >= 0.6 is 11.6 Å². The van der Waals surface area contributed by atoms with Crippen molar-refractivity contribution < 1.29 is 13.2 Å². The van der Waals surface area contributed by atoms with Gasteiger partial charge in [0.25, 0.3) is 0 Å². The molecule has 1 heterocycles. The van der Waals surface area contributed by atoms with Gasteiger partial charge in [-0.15, -0.1) is 0 Å². The van der Waals surface area contributed by atoms with Crippen LogP contribution in [0.4, 0.5) is 5.82 Å². The molecule has 0 radical (unpaired) electrons. The van der Waals surface area contributed by atoms with E-state index >= 15 is 0 Å². The van der Waals surface area contributed by atoms with E-state index in [0.29, 0.717) is 24.7 Å². The second-order valence-electron chi connectivity index (χ2n) is 8.77. The van der Waals surface area contributed by atoms with Crippen LogP contribution in [0.15, 0.2) is 65.7 Å². The fourth-order valence-electron chi connectivity index (χ4n) is 4.51. The molecule has 0 aliphatic heterocycles. The lowest BCUT2D eigenvalue weighted by Crippen LogP contribution is -2.23. The molecule has 33 heavy (non-hydrogen) atoms. The van der Waals surface area contributed by atoms with Crippen molar-refractivity contribution >= 4 is 33.2 Å². The highest BCUT2D eigenvalue weighted by atomic mass is 35.5. The van der Waals surface area contributed by atoms with E-state index in [1.54, 1.807) is 22.9 Å². The number of amides is 1. The van der Waals surface area contributed by atoms with Crippen LogP contribution < -0.4 is 5.32 Å². The van der Waals surface area contributed by atoms with E-state index in [1.165, 1.54) is 18.9 Å². The molecule has 1 saturated carbocycles. The van der Waals surface area contributed by atoms with Crippen LogP contribution in [0.3, 0.4) is 0 Å². The van der Waals surface area contributed by atoms with Crippen molar-refractivity contribution in [3.63, 3.8) is 0 Å². The highest BCUT2D eigenvalue weighted by molar-refractivity contribution is 7.90. The Labute approximate surface area is 199 Å². The largest absolute Gasteiger partial charge is 0.309 e. The molecule has 1 aliphatic carbocycles. The maximum absolute atomic E-state index is 13.3. The molecule has 8 heteroatoms. The maximum atomic E-state index is 13.3. The first-order valence-corrected chi connectivity index (χ1v) is 13.4. The zero-order chi connectivity index (χ0) is 23.4. The van der Waals surface area contributed by atoms with Gasteiger partial charge in [0.2, 0.25) is 5.91 Å². The number of carbonyl (C=O) groups excluding carboxylic acids is 1. The van der Waals surface area contributed by atoms with Gasteiger partial charge in [-0.25, -0.2) is 8.42 Å². The Bertz CT molecular complexity index is 1220. The van der Waals surface area contributed by atoms with Crippen molar-refractivity contribution in [2.24, 2.45) is 5.92 Å². The SMILES string of the molecule is CS(=O)(=O)c1ccc(C(CC2CCCC2)C(=O)Nc2ccn(Cc3ccccc3)n2)cc1Cl. The van der Waals surface area contributed by atoms with E-state index in [9.17, 15) is 13.2 Å². The van der Waals surface area contributed by atoms with Crippen LogP contribution in [-0.4, -0.2) is 30.4 Å². The smallest absolute Gasteiger partial charge is 0.233 e. The Morgan fingerprint density at radius 1 is 1.15 bits per heavy atom. The Hall–Kier alpha value is -2.64. The van der Waals surface area contributed by atoms with E-state index in [-0.39, 0.29) is 15.8 Å². The number of anilines is 1. The molecule has 1 amide bonds. The van der Waals surface area contributed by atoms with E-state index in [4.69, 9.17) is 11.6 Å². The van der Waals surface area contributed by atoms with Crippen molar-refractivity contribution in [2.45, 2.75) is 49.5 Å². The molecule has 174 valence electrons. The van der Waals surface area contributed by atoms with E-state index < -0.39 is 15.8 Å². The molecule has 1 fully saturated rings. The summed E-state index contributed by atoms with van der Waals surface area (Å²) in [5, 5.41) is 7.59. The summed E-state index contributed by atoms with van der Waals surface area (Å²) in [6.07, 6.45) is 8.22. The Morgan fingerprint density at radius 3 is 2.55 bits per heavy atom. The summed E-state index contributed by atoms with van der Waals surface area (Å²) >= 11 is 6.29. The lowest BCUT2D eigenvalue weighted by molar-refractivity contribution is -0.118. The third-order valence-electron chi connectivity index (χ3n) is 6.20. The van der Waals surface area contributed by atoms with Crippen molar-refractivity contribution in [3.05, 3.63) is 76.9 Å². The number of benzene rings is 2. The highest BCUT2D eigenvalue weighted by Crippen LogP contribution is 2.36.